The zero-order valence-corrected chi connectivity index (χ0v) is 11.3. The van der Waals surface area contributed by atoms with Gasteiger partial charge in [-0.05, 0) is 19.1 Å². The van der Waals surface area contributed by atoms with Gasteiger partial charge < -0.3 is 10.2 Å². The molecule has 1 aromatic heterocycles. The van der Waals surface area contributed by atoms with E-state index in [2.05, 4.69) is 52.5 Å². The topological polar surface area (TPSA) is 28.2 Å². The molecule has 0 saturated carbocycles. The number of pyridine rings is 1. The predicted octanol–water partition coefficient (Wildman–Crippen LogP) is 2.37. The van der Waals surface area contributed by atoms with Crippen LogP contribution in [0.3, 0.4) is 0 Å². The van der Waals surface area contributed by atoms with E-state index in [1.165, 1.54) is 11.1 Å². The van der Waals surface area contributed by atoms with Gasteiger partial charge in [0.05, 0.1) is 5.52 Å². The maximum atomic E-state index is 4.59. The summed E-state index contributed by atoms with van der Waals surface area (Å²) >= 11 is 0. The highest BCUT2D eigenvalue weighted by atomic mass is 35.5. The van der Waals surface area contributed by atoms with Crippen molar-refractivity contribution in [3.8, 4) is 0 Å². The highest BCUT2D eigenvalue weighted by molar-refractivity contribution is 5.92. The number of halogens is 1. The van der Waals surface area contributed by atoms with Crippen LogP contribution in [0.1, 0.15) is 5.69 Å². The Morgan fingerprint density at radius 1 is 1.17 bits per heavy atom. The number of benzene rings is 1. The highest BCUT2D eigenvalue weighted by Crippen LogP contribution is 2.26. The maximum absolute atomic E-state index is 4.59. The first kappa shape index (κ1) is 13.1. The minimum Gasteiger partial charge on any atom is -0.368 e. The molecule has 1 fully saturated rings. The molecule has 1 N–H and O–H groups in total. The van der Waals surface area contributed by atoms with E-state index in [-0.39, 0.29) is 12.4 Å². The van der Waals surface area contributed by atoms with Crippen LogP contribution in [-0.2, 0) is 0 Å². The lowest BCUT2D eigenvalue weighted by atomic mass is 10.1. The Bertz CT molecular complexity index is 536. The SMILES string of the molecule is Cc1cc(N2CCNCC2)c2ccccc2n1.Cl. The average Bonchev–Trinajstić information content (AvgIpc) is 2.39. The second-order valence-electron chi connectivity index (χ2n) is 4.54. The van der Waals surface area contributed by atoms with Crippen LogP contribution in [0.2, 0.25) is 0 Å². The molecule has 1 aliphatic heterocycles. The van der Waals surface area contributed by atoms with E-state index in [1.807, 2.05) is 0 Å². The predicted molar refractivity (Wildman–Crippen MR) is 78.8 cm³/mol. The third-order valence-electron chi connectivity index (χ3n) is 3.28. The first-order chi connectivity index (χ1) is 8.34. The van der Waals surface area contributed by atoms with Crippen LogP contribution in [0, 0.1) is 6.92 Å². The number of hydrogen-bond donors (Lipinski definition) is 1. The van der Waals surface area contributed by atoms with Crippen molar-refractivity contribution in [2.24, 2.45) is 0 Å². The van der Waals surface area contributed by atoms with Gasteiger partial charge in [0.2, 0.25) is 0 Å². The van der Waals surface area contributed by atoms with Crippen LogP contribution in [0.4, 0.5) is 5.69 Å². The number of fused-ring (bicyclic) bond motifs is 1. The normalized spacial score (nSPS) is 15.5. The van der Waals surface area contributed by atoms with E-state index in [4.69, 9.17) is 0 Å². The van der Waals surface area contributed by atoms with Gasteiger partial charge in [-0.15, -0.1) is 12.4 Å². The number of nitrogens with zero attached hydrogens (tertiary/aromatic N) is 2. The van der Waals surface area contributed by atoms with Crippen molar-refractivity contribution in [1.82, 2.24) is 10.3 Å². The monoisotopic (exact) mass is 263 g/mol. The fourth-order valence-corrected chi connectivity index (χ4v) is 2.45. The molecule has 2 heterocycles. The molecule has 1 aliphatic rings. The number of aryl methyl sites for hydroxylation is 1. The molecule has 3 nitrogen and oxygen atoms in total. The van der Waals surface area contributed by atoms with Gasteiger partial charge in [-0.2, -0.15) is 0 Å². The smallest absolute Gasteiger partial charge is 0.0726 e. The summed E-state index contributed by atoms with van der Waals surface area (Å²) < 4.78 is 0. The molecule has 96 valence electrons. The summed E-state index contributed by atoms with van der Waals surface area (Å²) in [4.78, 5) is 7.04. The number of aromatic nitrogens is 1. The van der Waals surface area contributed by atoms with Crippen molar-refractivity contribution in [2.75, 3.05) is 31.1 Å². The van der Waals surface area contributed by atoms with Gasteiger partial charge in [0.1, 0.15) is 0 Å². The molecule has 2 aromatic rings. The van der Waals surface area contributed by atoms with Crippen LogP contribution in [-0.4, -0.2) is 31.2 Å². The molecule has 0 radical (unpaired) electrons. The lowest BCUT2D eigenvalue weighted by Crippen LogP contribution is -2.43. The van der Waals surface area contributed by atoms with E-state index in [0.29, 0.717) is 0 Å². The van der Waals surface area contributed by atoms with E-state index in [9.17, 15) is 0 Å². The molecule has 0 atom stereocenters. The standard InChI is InChI=1S/C14H17N3.ClH/c1-11-10-14(17-8-6-15-7-9-17)12-4-2-3-5-13(12)16-11;/h2-5,10,15H,6-9H2,1H3;1H. The minimum absolute atomic E-state index is 0. The van der Waals surface area contributed by atoms with Crippen LogP contribution in [0.25, 0.3) is 10.9 Å². The summed E-state index contributed by atoms with van der Waals surface area (Å²) in [6.07, 6.45) is 0. The molecule has 18 heavy (non-hydrogen) atoms. The van der Waals surface area contributed by atoms with Crippen LogP contribution >= 0.6 is 12.4 Å². The summed E-state index contributed by atoms with van der Waals surface area (Å²) in [5.41, 5.74) is 3.52. The lowest BCUT2D eigenvalue weighted by molar-refractivity contribution is 0.590. The molecule has 1 saturated heterocycles. The van der Waals surface area contributed by atoms with Crippen LogP contribution < -0.4 is 10.2 Å². The van der Waals surface area contributed by atoms with E-state index < -0.39 is 0 Å². The van der Waals surface area contributed by atoms with E-state index in [0.717, 1.165) is 37.4 Å². The molecular weight excluding hydrogens is 246 g/mol. The molecule has 1 aromatic carbocycles. The van der Waals surface area contributed by atoms with Crippen molar-refractivity contribution in [2.45, 2.75) is 6.92 Å². The summed E-state index contributed by atoms with van der Waals surface area (Å²) in [5, 5.41) is 4.65. The third kappa shape index (κ3) is 2.42. The first-order valence-electron chi connectivity index (χ1n) is 6.17. The Hall–Kier alpha value is -1.32. The van der Waals surface area contributed by atoms with Gasteiger partial charge in [-0.25, -0.2) is 0 Å². The Morgan fingerprint density at radius 2 is 1.89 bits per heavy atom. The number of nitrogens with one attached hydrogen (secondary N) is 1. The third-order valence-corrected chi connectivity index (χ3v) is 3.28. The van der Waals surface area contributed by atoms with Gasteiger partial charge in [0.25, 0.3) is 0 Å². The Morgan fingerprint density at radius 3 is 2.67 bits per heavy atom. The number of piperazine rings is 1. The number of rotatable bonds is 1. The Kier molecular flexibility index (Phi) is 4.04. The van der Waals surface area contributed by atoms with Gasteiger partial charge in [-0.1, -0.05) is 18.2 Å². The van der Waals surface area contributed by atoms with Crippen molar-refractivity contribution >= 4 is 29.0 Å². The maximum Gasteiger partial charge on any atom is 0.0726 e. The van der Waals surface area contributed by atoms with Crippen molar-refractivity contribution in [3.63, 3.8) is 0 Å². The zero-order chi connectivity index (χ0) is 11.7. The molecule has 3 rings (SSSR count). The van der Waals surface area contributed by atoms with Crippen molar-refractivity contribution < 1.29 is 0 Å². The molecule has 0 spiro atoms. The van der Waals surface area contributed by atoms with Gasteiger partial charge >= 0.3 is 0 Å². The average molecular weight is 264 g/mol. The largest absolute Gasteiger partial charge is 0.368 e. The van der Waals surface area contributed by atoms with E-state index >= 15 is 0 Å². The van der Waals surface area contributed by atoms with Crippen molar-refractivity contribution in [1.29, 1.82) is 0 Å². The summed E-state index contributed by atoms with van der Waals surface area (Å²) in [5.74, 6) is 0. The number of hydrogen-bond acceptors (Lipinski definition) is 3. The minimum atomic E-state index is 0. The highest BCUT2D eigenvalue weighted by Gasteiger charge is 2.13. The second-order valence-corrected chi connectivity index (χ2v) is 4.54. The van der Waals surface area contributed by atoms with Gasteiger partial charge in [0.15, 0.2) is 0 Å². The molecular formula is C14H18ClN3. The molecule has 4 heteroatoms. The van der Waals surface area contributed by atoms with Crippen LogP contribution in [0.15, 0.2) is 30.3 Å². The summed E-state index contributed by atoms with van der Waals surface area (Å²) in [7, 11) is 0. The van der Waals surface area contributed by atoms with Crippen molar-refractivity contribution in [3.05, 3.63) is 36.0 Å². The first-order valence-corrected chi connectivity index (χ1v) is 6.17. The Labute approximate surface area is 114 Å². The second kappa shape index (κ2) is 5.55. The molecule has 0 aliphatic carbocycles. The Balaban J connectivity index is 0.00000120. The van der Waals surface area contributed by atoms with Gasteiger partial charge in [-0.3, -0.25) is 4.98 Å². The van der Waals surface area contributed by atoms with Gasteiger partial charge in [0, 0.05) is 42.9 Å². The van der Waals surface area contributed by atoms with Crippen LogP contribution in [0.5, 0.6) is 0 Å². The lowest BCUT2D eigenvalue weighted by Gasteiger charge is -2.30. The number of para-hydroxylation sites is 1. The van der Waals surface area contributed by atoms with E-state index in [1.54, 1.807) is 0 Å². The molecule has 0 unspecified atom stereocenters. The zero-order valence-electron chi connectivity index (χ0n) is 10.5. The summed E-state index contributed by atoms with van der Waals surface area (Å²) in [6, 6.07) is 10.6. The fourth-order valence-electron chi connectivity index (χ4n) is 2.45. The number of anilines is 1. The molecule has 0 bridgehead atoms. The summed E-state index contributed by atoms with van der Waals surface area (Å²) in [6.45, 7) is 6.35. The quantitative estimate of drug-likeness (QED) is 0.856. The fraction of sp³-hybridized carbons (Fsp3) is 0.357. The molecule has 0 amide bonds.